The van der Waals surface area contributed by atoms with Crippen molar-refractivity contribution < 1.29 is 9.53 Å². The summed E-state index contributed by atoms with van der Waals surface area (Å²) in [5, 5.41) is 0. The van der Waals surface area contributed by atoms with Crippen LogP contribution in [0.2, 0.25) is 0 Å². The predicted octanol–water partition coefficient (Wildman–Crippen LogP) is 3.77. The van der Waals surface area contributed by atoms with Crippen molar-refractivity contribution >= 4 is 6.09 Å². The number of nitrogens with zero attached hydrogens (tertiary/aromatic N) is 2. The molecule has 2 aliphatic heterocycles. The number of amides is 1. The van der Waals surface area contributed by atoms with Crippen LogP contribution in [-0.4, -0.2) is 48.2 Å². The molecule has 0 N–H and O–H groups in total. The molecule has 0 saturated carbocycles. The molecule has 0 bridgehead atoms. The van der Waals surface area contributed by atoms with Crippen molar-refractivity contribution in [1.82, 2.24) is 9.80 Å². The minimum absolute atomic E-state index is 0.186. The zero-order valence-corrected chi connectivity index (χ0v) is 14.6. The monoisotopic (exact) mass is 336 g/mol. The highest BCUT2D eigenvalue weighted by atomic mass is 16.6. The van der Waals surface area contributed by atoms with Crippen molar-refractivity contribution in [3.63, 3.8) is 0 Å². The Balaban J connectivity index is 1.43. The minimum atomic E-state index is -0.311. The molecule has 130 valence electrons. The molecule has 4 heteroatoms. The Labute approximate surface area is 149 Å². The summed E-state index contributed by atoms with van der Waals surface area (Å²) in [6.45, 7) is 3.49. The molecular formula is C21H24N2O2. The van der Waals surface area contributed by atoms with Gasteiger partial charge in [0.2, 0.25) is 0 Å². The average Bonchev–Trinajstić information content (AvgIpc) is 2.89. The fourth-order valence-electron chi connectivity index (χ4n) is 4.02. The van der Waals surface area contributed by atoms with Crippen LogP contribution in [0.1, 0.15) is 18.4 Å². The van der Waals surface area contributed by atoms with Crippen molar-refractivity contribution in [3.05, 3.63) is 60.2 Å². The van der Waals surface area contributed by atoms with Crippen LogP contribution in [0, 0.1) is 0 Å². The number of likely N-dealkylation sites (N-methyl/N-ethyl adjacent to an activating group) is 1. The molecule has 4 rings (SSSR count). The third kappa shape index (κ3) is 3.40. The normalized spacial score (nSPS) is 23.9. The second-order valence-electron chi connectivity index (χ2n) is 7.28. The van der Waals surface area contributed by atoms with E-state index in [1.807, 2.05) is 13.1 Å². The lowest BCUT2D eigenvalue weighted by atomic mass is 9.92. The molecule has 2 aromatic carbocycles. The number of likely N-dealkylation sites (tertiary alicyclic amines) is 1. The van der Waals surface area contributed by atoms with Gasteiger partial charge in [0.05, 0.1) is 6.54 Å². The zero-order valence-electron chi connectivity index (χ0n) is 14.6. The van der Waals surface area contributed by atoms with Gasteiger partial charge in [0, 0.05) is 20.1 Å². The van der Waals surface area contributed by atoms with Crippen LogP contribution in [0.3, 0.4) is 0 Å². The number of benzene rings is 2. The first kappa shape index (κ1) is 16.2. The van der Waals surface area contributed by atoms with Gasteiger partial charge >= 0.3 is 6.09 Å². The van der Waals surface area contributed by atoms with Crippen LogP contribution in [0.5, 0.6) is 0 Å². The highest BCUT2D eigenvalue weighted by Gasteiger charge is 2.46. The number of ether oxygens (including phenoxy) is 1. The number of piperidine rings is 1. The first-order valence-electron chi connectivity index (χ1n) is 8.94. The van der Waals surface area contributed by atoms with Gasteiger partial charge in [-0.1, -0.05) is 54.6 Å². The van der Waals surface area contributed by atoms with Gasteiger partial charge in [0.25, 0.3) is 0 Å². The summed E-state index contributed by atoms with van der Waals surface area (Å²) in [6, 6.07) is 19.2. The van der Waals surface area contributed by atoms with Crippen molar-refractivity contribution in [2.75, 3.05) is 26.7 Å². The Morgan fingerprint density at radius 2 is 1.72 bits per heavy atom. The Hall–Kier alpha value is -2.33. The molecule has 1 atom stereocenters. The molecule has 2 aliphatic rings. The minimum Gasteiger partial charge on any atom is -0.440 e. The Morgan fingerprint density at radius 1 is 1.00 bits per heavy atom. The fraction of sp³-hybridized carbons (Fsp3) is 0.381. The first-order chi connectivity index (χ1) is 12.1. The lowest BCUT2D eigenvalue weighted by Gasteiger charge is -2.38. The molecule has 0 aromatic heterocycles. The maximum absolute atomic E-state index is 11.8. The zero-order chi connectivity index (χ0) is 17.3. The van der Waals surface area contributed by atoms with Crippen LogP contribution in [0.4, 0.5) is 4.79 Å². The summed E-state index contributed by atoms with van der Waals surface area (Å²) in [6.07, 6.45) is 1.85. The SMILES string of the molecule is CN1CC2(CCCN(Cc3ccc(-c4ccccc4)cc3)C2)OC1=O. The van der Waals surface area contributed by atoms with E-state index in [1.165, 1.54) is 16.7 Å². The second-order valence-corrected chi connectivity index (χ2v) is 7.28. The van der Waals surface area contributed by atoms with Gasteiger partial charge < -0.3 is 9.64 Å². The Morgan fingerprint density at radius 3 is 2.40 bits per heavy atom. The van der Waals surface area contributed by atoms with E-state index in [9.17, 15) is 4.79 Å². The largest absolute Gasteiger partial charge is 0.440 e. The highest BCUT2D eigenvalue weighted by Crippen LogP contribution is 2.32. The second kappa shape index (κ2) is 6.52. The van der Waals surface area contributed by atoms with Crippen molar-refractivity contribution in [2.45, 2.75) is 25.0 Å². The summed E-state index contributed by atoms with van der Waals surface area (Å²) < 4.78 is 5.69. The number of hydrogen-bond acceptors (Lipinski definition) is 3. The molecule has 1 amide bonds. The number of carbonyl (C=O) groups excluding carboxylic acids is 1. The van der Waals surface area contributed by atoms with Crippen molar-refractivity contribution in [3.8, 4) is 11.1 Å². The fourth-order valence-corrected chi connectivity index (χ4v) is 4.02. The summed E-state index contributed by atoms with van der Waals surface area (Å²) >= 11 is 0. The lowest BCUT2D eigenvalue weighted by Crippen LogP contribution is -2.50. The van der Waals surface area contributed by atoms with Gasteiger partial charge in [-0.15, -0.1) is 0 Å². The van der Waals surface area contributed by atoms with Gasteiger partial charge in [-0.25, -0.2) is 4.79 Å². The number of hydrogen-bond donors (Lipinski definition) is 0. The standard InChI is InChI=1S/C21H24N2O2/c1-22-15-21(25-20(22)24)12-5-13-23(16-21)14-17-8-10-19(11-9-17)18-6-3-2-4-7-18/h2-4,6-11H,5,12-16H2,1H3. The molecule has 2 saturated heterocycles. The van der Waals surface area contributed by atoms with Crippen LogP contribution in [0.25, 0.3) is 11.1 Å². The van der Waals surface area contributed by atoms with E-state index >= 15 is 0 Å². The van der Waals surface area contributed by atoms with Crippen LogP contribution < -0.4 is 0 Å². The smallest absolute Gasteiger partial charge is 0.410 e. The maximum atomic E-state index is 11.8. The first-order valence-corrected chi connectivity index (χ1v) is 8.94. The third-order valence-corrected chi connectivity index (χ3v) is 5.23. The molecule has 1 unspecified atom stereocenters. The summed E-state index contributed by atoms with van der Waals surface area (Å²) in [5.74, 6) is 0. The topological polar surface area (TPSA) is 32.8 Å². The summed E-state index contributed by atoms with van der Waals surface area (Å²) in [5.41, 5.74) is 3.47. The quantitative estimate of drug-likeness (QED) is 0.855. The van der Waals surface area contributed by atoms with Crippen molar-refractivity contribution in [2.24, 2.45) is 0 Å². The summed E-state index contributed by atoms with van der Waals surface area (Å²) in [4.78, 5) is 15.9. The summed E-state index contributed by atoms with van der Waals surface area (Å²) in [7, 11) is 1.82. The Bertz CT molecular complexity index is 744. The molecule has 0 radical (unpaired) electrons. The molecule has 25 heavy (non-hydrogen) atoms. The van der Waals surface area contributed by atoms with Crippen LogP contribution in [0.15, 0.2) is 54.6 Å². The van der Waals surface area contributed by atoms with Gasteiger partial charge in [0.15, 0.2) is 0 Å². The van der Waals surface area contributed by atoms with E-state index < -0.39 is 0 Å². The highest BCUT2D eigenvalue weighted by molar-refractivity contribution is 5.70. The Kier molecular flexibility index (Phi) is 4.22. The van der Waals surface area contributed by atoms with Gasteiger partial charge in [-0.2, -0.15) is 0 Å². The number of carbonyl (C=O) groups is 1. The van der Waals surface area contributed by atoms with E-state index in [2.05, 4.69) is 53.4 Å². The van der Waals surface area contributed by atoms with E-state index in [-0.39, 0.29) is 11.7 Å². The average molecular weight is 336 g/mol. The van der Waals surface area contributed by atoms with Crippen LogP contribution >= 0.6 is 0 Å². The van der Waals surface area contributed by atoms with E-state index in [4.69, 9.17) is 4.74 Å². The molecule has 0 aliphatic carbocycles. The molecule has 2 fully saturated rings. The third-order valence-electron chi connectivity index (χ3n) is 5.23. The van der Waals surface area contributed by atoms with E-state index in [1.54, 1.807) is 4.90 Å². The predicted molar refractivity (Wildman–Crippen MR) is 98.2 cm³/mol. The van der Waals surface area contributed by atoms with Gasteiger partial charge in [-0.05, 0) is 36.1 Å². The molecule has 1 spiro atoms. The van der Waals surface area contributed by atoms with E-state index in [0.29, 0.717) is 6.54 Å². The molecule has 2 heterocycles. The molecule has 4 nitrogen and oxygen atoms in total. The van der Waals surface area contributed by atoms with Crippen molar-refractivity contribution in [1.29, 1.82) is 0 Å². The van der Waals surface area contributed by atoms with E-state index in [0.717, 1.165) is 32.5 Å². The maximum Gasteiger partial charge on any atom is 0.410 e. The molecular weight excluding hydrogens is 312 g/mol. The lowest BCUT2D eigenvalue weighted by molar-refractivity contribution is -0.0113. The van der Waals surface area contributed by atoms with Gasteiger partial charge in [-0.3, -0.25) is 4.90 Å². The molecule has 2 aromatic rings. The number of rotatable bonds is 3. The van der Waals surface area contributed by atoms with Gasteiger partial charge in [0.1, 0.15) is 5.60 Å². The van der Waals surface area contributed by atoms with Crippen LogP contribution in [-0.2, 0) is 11.3 Å².